The number of rotatable bonds is 3. The summed E-state index contributed by atoms with van der Waals surface area (Å²) in [4.78, 5) is 12.8. The summed E-state index contributed by atoms with van der Waals surface area (Å²) in [6, 6.07) is 3.42. The summed E-state index contributed by atoms with van der Waals surface area (Å²) in [5.74, 6) is -0.359. The number of hydrogen-bond acceptors (Lipinski definition) is 2. The fourth-order valence-electron chi connectivity index (χ4n) is 2.09. The zero-order valence-electron chi connectivity index (χ0n) is 9.29. The molecule has 1 aliphatic heterocycles. The monoisotopic (exact) mass is 222 g/mol. The highest BCUT2D eigenvalue weighted by molar-refractivity contribution is 6.01. The van der Waals surface area contributed by atoms with Crippen molar-refractivity contribution in [1.82, 2.24) is 0 Å². The Morgan fingerprint density at radius 3 is 2.94 bits per heavy atom. The van der Waals surface area contributed by atoms with Gasteiger partial charge >= 0.3 is 0 Å². The van der Waals surface area contributed by atoms with Gasteiger partial charge in [-0.1, -0.05) is 6.07 Å². The van der Waals surface area contributed by atoms with E-state index in [1.54, 1.807) is 7.05 Å². The maximum Gasteiger partial charge on any atom is 0.231 e. The number of hydrogen-bond donors (Lipinski definition) is 1. The zero-order chi connectivity index (χ0) is 11.7. The average Bonchev–Trinajstić information content (AvgIpc) is 2.52. The van der Waals surface area contributed by atoms with Crippen LogP contribution in [0.4, 0.5) is 10.1 Å². The Balaban J connectivity index is 2.34. The van der Waals surface area contributed by atoms with E-state index in [-0.39, 0.29) is 11.7 Å². The van der Waals surface area contributed by atoms with E-state index < -0.39 is 0 Å². The molecule has 4 heteroatoms. The molecule has 0 atom stereocenters. The van der Waals surface area contributed by atoms with E-state index in [0.29, 0.717) is 18.7 Å². The van der Waals surface area contributed by atoms with E-state index in [1.165, 1.54) is 11.0 Å². The molecule has 2 rings (SSSR count). The molecule has 0 saturated carbocycles. The van der Waals surface area contributed by atoms with Crippen LogP contribution in [0.1, 0.15) is 17.5 Å². The number of carbonyl (C=O) groups is 1. The maximum atomic E-state index is 13.8. The first-order chi connectivity index (χ1) is 7.63. The van der Waals surface area contributed by atoms with Crippen LogP contribution in [0.25, 0.3) is 0 Å². The number of aryl methyl sites for hydroxylation is 1. The van der Waals surface area contributed by atoms with Crippen molar-refractivity contribution in [3.05, 3.63) is 29.1 Å². The number of nitrogens with two attached hydrogens (primary N) is 1. The van der Waals surface area contributed by atoms with Gasteiger partial charge in [0.05, 0.1) is 12.1 Å². The highest BCUT2D eigenvalue weighted by Crippen LogP contribution is 2.31. The number of likely N-dealkylation sites (N-methyl/N-ethyl adjacent to an activating group) is 1. The van der Waals surface area contributed by atoms with Gasteiger partial charge in [-0.25, -0.2) is 4.39 Å². The lowest BCUT2D eigenvalue weighted by atomic mass is 10.0. The summed E-state index contributed by atoms with van der Waals surface area (Å²) in [7, 11) is 1.61. The third-order valence-electron chi connectivity index (χ3n) is 2.92. The molecule has 0 spiro atoms. The van der Waals surface area contributed by atoms with Gasteiger partial charge in [-0.15, -0.1) is 0 Å². The summed E-state index contributed by atoms with van der Waals surface area (Å²) >= 11 is 0. The van der Waals surface area contributed by atoms with Crippen molar-refractivity contribution < 1.29 is 9.18 Å². The van der Waals surface area contributed by atoms with Crippen LogP contribution in [0.3, 0.4) is 0 Å². The van der Waals surface area contributed by atoms with Crippen molar-refractivity contribution in [1.29, 1.82) is 0 Å². The topological polar surface area (TPSA) is 46.3 Å². The SMILES string of the molecule is CN1C(=O)Cc2cc(CCCN)cc(F)c21. The number of amides is 1. The molecule has 0 aromatic heterocycles. The van der Waals surface area contributed by atoms with Gasteiger partial charge in [0, 0.05) is 7.05 Å². The summed E-state index contributed by atoms with van der Waals surface area (Å²) in [5.41, 5.74) is 7.56. The second-order valence-corrected chi connectivity index (χ2v) is 4.11. The predicted octanol–water partition coefficient (Wildman–Crippen LogP) is 1.24. The highest BCUT2D eigenvalue weighted by atomic mass is 19.1. The minimum atomic E-state index is -0.308. The molecule has 0 bridgehead atoms. The van der Waals surface area contributed by atoms with Crippen molar-refractivity contribution in [2.75, 3.05) is 18.5 Å². The van der Waals surface area contributed by atoms with Crippen LogP contribution in [-0.2, 0) is 17.6 Å². The average molecular weight is 222 g/mol. The Labute approximate surface area is 94.0 Å². The molecule has 0 saturated heterocycles. The molecule has 86 valence electrons. The quantitative estimate of drug-likeness (QED) is 0.836. The molecule has 2 N–H and O–H groups in total. The van der Waals surface area contributed by atoms with Gasteiger partial charge in [-0.05, 0) is 36.6 Å². The lowest BCUT2D eigenvalue weighted by Crippen LogP contribution is -2.21. The van der Waals surface area contributed by atoms with Gasteiger partial charge in [-0.2, -0.15) is 0 Å². The van der Waals surface area contributed by atoms with Gasteiger partial charge in [0.25, 0.3) is 0 Å². The number of carbonyl (C=O) groups excluding carboxylic acids is 1. The summed E-state index contributed by atoms with van der Waals surface area (Å²) in [6.07, 6.45) is 1.90. The first-order valence-corrected chi connectivity index (χ1v) is 5.41. The molecule has 0 radical (unpaired) electrons. The molecule has 0 fully saturated rings. The van der Waals surface area contributed by atoms with Crippen molar-refractivity contribution in [3.63, 3.8) is 0 Å². The normalized spacial score (nSPS) is 14.4. The highest BCUT2D eigenvalue weighted by Gasteiger charge is 2.27. The smallest absolute Gasteiger partial charge is 0.231 e. The zero-order valence-corrected chi connectivity index (χ0v) is 9.29. The van der Waals surface area contributed by atoms with Gasteiger partial charge in [-0.3, -0.25) is 4.79 Å². The molecule has 3 nitrogen and oxygen atoms in total. The molecular weight excluding hydrogens is 207 g/mol. The Hall–Kier alpha value is -1.42. The Bertz CT molecular complexity index is 431. The Morgan fingerprint density at radius 2 is 2.25 bits per heavy atom. The van der Waals surface area contributed by atoms with Crippen molar-refractivity contribution >= 4 is 11.6 Å². The lowest BCUT2D eigenvalue weighted by molar-refractivity contribution is -0.117. The molecule has 0 unspecified atom stereocenters. The Kier molecular flexibility index (Phi) is 2.92. The Morgan fingerprint density at radius 1 is 1.50 bits per heavy atom. The molecule has 1 aromatic carbocycles. The molecule has 1 aliphatic rings. The molecule has 16 heavy (non-hydrogen) atoms. The molecule has 1 aromatic rings. The number of halogens is 1. The van der Waals surface area contributed by atoms with Crippen molar-refractivity contribution in [3.8, 4) is 0 Å². The third kappa shape index (κ3) is 1.80. The summed E-state index contributed by atoms with van der Waals surface area (Å²) in [5, 5.41) is 0. The second-order valence-electron chi connectivity index (χ2n) is 4.11. The largest absolute Gasteiger partial charge is 0.330 e. The van der Waals surface area contributed by atoms with Crippen molar-refractivity contribution in [2.24, 2.45) is 5.73 Å². The standard InChI is InChI=1S/C12H15FN2O/c1-15-11(16)7-9-5-8(3-2-4-14)6-10(13)12(9)15/h5-6H,2-4,7,14H2,1H3. The molecule has 0 aliphatic carbocycles. The van der Waals surface area contributed by atoms with Gasteiger partial charge in [0.15, 0.2) is 0 Å². The number of benzene rings is 1. The lowest BCUT2D eigenvalue weighted by Gasteiger charge is -2.12. The van der Waals surface area contributed by atoms with Crippen LogP contribution >= 0.6 is 0 Å². The first kappa shape index (κ1) is 11.1. The fourth-order valence-corrected chi connectivity index (χ4v) is 2.09. The molecule has 1 amide bonds. The van der Waals surface area contributed by atoms with Crippen LogP contribution < -0.4 is 10.6 Å². The predicted molar refractivity (Wildman–Crippen MR) is 60.9 cm³/mol. The van der Waals surface area contributed by atoms with E-state index >= 15 is 0 Å². The number of fused-ring (bicyclic) bond motifs is 1. The molecule has 1 heterocycles. The number of anilines is 1. The van der Waals surface area contributed by atoms with E-state index in [4.69, 9.17) is 5.73 Å². The van der Waals surface area contributed by atoms with Crippen molar-refractivity contribution in [2.45, 2.75) is 19.3 Å². The maximum absolute atomic E-state index is 13.8. The van der Waals surface area contributed by atoms with Crippen LogP contribution in [0.2, 0.25) is 0 Å². The van der Waals surface area contributed by atoms with Crippen LogP contribution in [0.15, 0.2) is 12.1 Å². The molecular formula is C12H15FN2O. The van der Waals surface area contributed by atoms with Crippen LogP contribution in [0, 0.1) is 5.82 Å². The van der Waals surface area contributed by atoms with E-state index in [2.05, 4.69) is 0 Å². The summed E-state index contributed by atoms with van der Waals surface area (Å²) in [6.45, 7) is 0.595. The minimum Gasteiger partial charge on any atom is -0.330 e. The minimum absolute atomic E-state index is 0.0510. The number of nitrogens with zero attached hydrogens (tertiary/aromatic N) is 1. The van der Waals surface area contributed by atoms with Gasteiger partial charge in [0.1, 0.15) is 5.82 Å². The first-order valence-electron chi connectivity index (χ1n) is 5.41. The van der Waals surface area contributed by atoms with Crippen LogP contribution in [-0.4, -0.2) is 19.5 Å². The second kappa shape index (κ2) is 4.22. The van der Waals surface area contributed by atoms with Gasteiger partial charge in [0.2, 0.25) is 5.91 Å². The fraction of sp³-hybridized carbons (Fsp3) is 0.417. The van der Waals surface area contributed by atoms with Crippen LogP contribution in [0.5, 0.6) is 0 Å². The third-order valence-corrected chi connectivity index (χ3v) is 2.92. The van der Waals surface area contributed by atoms with E-state index in [0.717, 1.165) is 24.0 Å². The van der Waals surface area contributed by atoms with E-state index in [1.807, 2.05) is 6.07 Å². The van der Waals surface area contributed by atoms with Gasteiger partial charge < -0.3 is 10.6 Å². The summed E-state index contributed by atoms with van der Waals surface area (Å²) < 4.78 is 13.8. The van der Waals surface area contributed by atoms with E-state index in [9.17, 15) is 9.18 Å².